The lowest BCUT2D eigenvalue weighted by Gasteiger charge is -2.15. The zero-order chi connectivity index (χ0) is 16.5. The first-order chi connectivity index (χ1) is 11.7. The summed E-state index contributed by atoms with van der Waals surface area (Å²) < 4.78 is 0. The van der Waals surface area contributed by atoms with E-state index in [1.54, 1.807) is 11.0 Å². The van der Waals surface area contributed by atoms with Gasteiger partial charge in [-0.05, 0) is 12.5 Å². The Bertz CT molecular complexity index is 785. The van der Waals surface area contributed by atoms with Crippen molar-refractivity contribution in [1.29, 1.82) is 5.26 Å². The molecule has 3 aliphatic rings. The first kappa shape index (κ1) is 14.5. The second-order valence-corrected chi connectivity index (χ2v) is 6.12. The molecule has 1 fully saturated rings. The van der Waals surface area contributed by atoms with Crippen LogP contribution in [0.3, 0.4) is 0 Å². The molecule has 1 amide bonds. The first-order valence-electron chi connectivity index (χ1n) is 7.94. The summed E-state index contributed by atoms with van der Waals surface area (Å²) in [5, 5.41) is 23.2. The second-order valence-electron chi connectivity index (χ2n) is 6.12. The van der Waals surface area contributed by atoms with Crippen LogP contribution >= 0.6 is 0 Å². The normalized spacial score (nSPS) is 27.4. The fourth-order valence-electron chi connectivity index (χ4n) is 3.24. The number of amides is 1. The number of H-pyrrole nitrogens is 1. The summed E-state index contributed by atoms with van der Waals surface area (Å²) in [5.41, 5.74) is 4.98. The van der Waals surface area contributed by atoms with Crippen molar-refractivity contribution in [3.8, 4) is 6.19 Å². The first-order valence-corrected chi connectivity index (χ1v) is 7.94. The highest BCUT2D eigenvalue weighted by Crippen LogP contribution is 2.23. The van der Waals surface area contributed by atoms with E-state index in [-0.39, 0.29) is 23.9 Å². The Kier molecular flexibility index (Phi) is 3.54. The smallest absolute Gasteiger partial charge is 0.269 e. The van der Waals surface area contributed by atoms with Crippen molar-refractivity contribution < 1.29 is 4.79 Å². The molecule has 24 heavy (non-hydrogen) atoms. The van der Waals surface area contributed by atoms with E-state index < -0.39 is 0 Å². The molecule has 122 valence electrons. The summed E-state index contributed by atoms with van der Waals surface area (Å²) in [4.78, 5) is 14.0. The van der Waals surface area contributed by atoms with Crippen molar-refractivity contribution in [2.24, 2.45) is 11.0 Å². The van der Waals surface area contributed by atoms with Gasteiger partial charge in [0, 0.05) is 25.0 Å². The number of rotatable bonds is 3. The van der Waals surface area contributed by atoms with Crippen LogP contribution in [0.2, 0.25) is 0 Å². The molecular formula is C16H17N7O. The Morgan fingerprint density at radius 3 is 3.12 bits per heavy atom. The van der Waals surface area contributed by atoms with Crippen molar-refractivity contribution in [2.75, 3.05) is 13.1 Å². The molecule has 1 aliphatic carbocycles. The number of hydrogen-bond donors (Lipinski definition) is 3. The lowest BCUT2D eigenvalue weighted by Crippen LogP contribution is -2.36. The van der Waals surface area contributed by atoms with Crippen LogP contribution < -0.4 is 10.7 Å². The Balaban J connectivity index is 1.44. The molecule has 8 nitrogen and oxygen atoms in total. The van der Waals surface area contributed by atoms with Crippen molar-refractivity contribution in [2.45, 2.75) is 18.5 Å². The molecule has 0 bridgehead atoms. The number of nitrogens with zero attached hydrogens (tertiary/aromatic N) is 4. The van der Waals surface area contributed by atoms with Gasteiger partial charge in [0.15, 0.2) is 6.19 Å². The predicted molar refractivity (Wildman–Crippen MR) is 86.9 cm³/mol. The maximum Gasteiger partial charge on any atom is 0.269 e. The number of aromatic nitrogens is 2. The average molecular weight is 323 g/mol. The third-order valence-electron chi connectivity index (χ3n) is 4.53. The monoisotopic (exact) mass is 323 g/mol. The molecule has 0 spiro atoms. The highest BCUT2D eigenvalue weighted by molar-refractivity contribution is 6.05. The molecule has 3 unspecified atom stereocenters. The van der Waals surface area contributed by atoms with Gasteiger partial charge in [-0.3, -0.25) is 9.89 Å². The molecule has 0 aromatic carbocycles. The van der Waals surface area contributed by atoms with Crippen LogP contribution in [-0.4, -0.2) is 51.9 Å². The van der Waals surface area contributed by atoms with Crippen LogP contribution in [0.15, 0.2) is 35.5 Å². The van der Waals surface area contributed by atoms with E-state index in [0.29, 0.717) is 24.5 Å². The van der Waals surface area contributed by atoms with E-state index in [2.05, 4.69) is 44.4 Å². The highest BCUT2D eigenvalue weighted by atomic mass is 16.2. The van der Waals surface area contributed by atoms with Crippen LogP contribution in [-0.2, 0) is 0 Å². The van der Waals surface area contributed by atoms with E-state index in [1.165, 1.54) is 0 Å². The largest absolute Gasteiger partial charge is 0.346 e. The Morgan fingerprint density at radius 1 is 1.42 bits per heavy atom. The highest BCUT2D eigenvalue weighted by Gasteiger charge is 2.32. The number of nitriles is 1. The van der Waals surface area contributed by atoms with Gasteiger partial charge in [0.05, 0.1) is 11.8 Å². The van der Waals surface area contributed by atoms with E-state index in [0.717, 1.165) is 12.1 Å². The summed E-state index contributed by atoms with van der Waals surface area (Å²) >= 11 is 0. The number of likely N-dealkylation sites (tertiary alicyclic amines) is 1. The molecule has 1 aromatic heterocycles. The van der Waals surface area contributed by atoms with Gasteiger partial charge in [0.2, 0.25) is 0 Å². The predicted octanol–water partition coefficient (Wildman–Crippen LogP) is 0.113. The summed E-state index contributed by atoms with van der Waals surface area (Å²) in [6, 6.07) is 1.86. The number of allylic oxidation sites excluding steroid dienone is 2. The van der Waals surface area contributed by atoms with Crippen LogP contribution in [0.5, 0.6) is 0 Å². The number of carbonyl (C=O) groups is 1. The number of hydrogen-bond acceptors (Lipinski definition) is 6. The quantitative estimate of drug-likeness (QED) is 0.684. The number of carbonyl (C=O) groups excluding carboxylic acids is 1. The van der Waals surface area contributed by atoms with Crippen LogP contribution in [0.4, 0.5) is 0 Å². The lowest BCUT2D eigenvalue weighted by molar-refractivity contribution is 0.0933. The minimum Gasteiger partial charge on any atom is -0.346 e. The molecular weight excluding hydrogens is 306 g/mol. The average Bonchev–Trinajstić information content (AvgIpc) is 3.33. The molecule has 1 saturated heterocycles. The van der Waals surface area contributed by atoms with Crippen LogP contribution in [0.1, 0.15) is 22.6 Å². The van der Waals surface area contributed by atoms with Crippen LogP contribution in [0, 0.1) is 17.4 Å². The Labute approximate surface area is 138 Å². The number of aromatic amines is 1. The van der Waals surface area contributed by atoms with E-state index in [9.17, 15) is 4.79 Å². The Morgan fingerprint density at radius 2 is 2.29 bits per heavy atom. The molecule has 3 heterocycles. The van der Waals surface area contributed by atoms with Gasteiger partial charge in [-0.25, -0.2) is 0 Å². The SMILES string of the molecule is N#CN1CCC(NC(=O)c2cc(C3=NNC4C=CC=CC34)n[nH]2)C1. The number of fused-ring (bicyclic) bond motifs is 1. The second kappa shape index (κ2) is 5.85. The standard InChI is InChI=1S/C16H17N7O/c17-9-23-6-5-10(8-23)18-16(24)14-7-13(20-21-14)15-11-3-1-2-4-12(11)19-22-15/h1-4,7,10-12,19H,5-6,8H2,(H,18,24)(H,20,21). The third-order valence-corrected chi connectivity index (χ3v) is 4.53. The summed E-state index contributed by atoms with van der Waals surface area (Å²) in [6.45, 7) is 1.24. The van der Waals surface area contributed by atoms with E-state index in [4.69, 9.17) is 5.26 Å². The van der Waals surface area contributed by atoms with Crippen molar-refractivity contribution in [1.82, 2.24) is 25.8 Å². The maximum absolute atomic E-state index is 12.3. The van der Waals surface area contributed by atoms with Gasteiger partial charge >= 0.3 is 0 Å². The zero-order valence-corrected chi connectivity index (χ0v) is 12.9. The molecule has 8 heteroatoms. The van der Waals surface area contributed by atoms with Gasteiger partial charge in [-0.15, -0.1) is 0 Å². The van der Waals surface area contributed by atoms with Crippen molar-refractivity contribution in [3.05, 3.63) is 41.8 Å². The molecule has 3 N–H and O–H groups in total. The van der Waals surface area contributed by atoms with Crippen LogP contribution in [0.25, 0.3) is 0 Å². The summed E-state index contributed by atoms with van der Waals surface area (Å²) in [7, 11) is 0. The third kappa shape index (κ3) is 2.54. The topological polar surface area (TPSA) is 109 Å². The maximum atomic E-state index is 12.3. The summed E-state index contributed by atoms with van der Waals surface area (Å²) in [5.74, 6) is -0.0750. The molecule has 4 rings (SSSR count). The molecule has 2 aliphatic heterocycles. The lowest BCUT2D eigenvalue weighted by atomic mass is 9.91. The Hall–Kier alpha value is -3.08. The minimum absolute atomic E-state index is 0.00909. The van der Waals surface area contributed by atoms with Gasteiger partial charge in [0.25, 0.3) is 5.91 Å². The number of nitrogens with one attached hydrogen (secondary N) is 3. The molecule has 3 atom stereocenters. The molecule has 1 aromatic rings. The fraction of sp³-hybridized carbons (Fsp3) is 0.375. The van der Waals surface area contributed by atoms with Gasteiger partial charge in [0.1, 0.15) is 11.4 Å². The van der Waals surface area contributed by atoms with E-state index >= 15 is 0 Å². The summed E-state index contributed by atoms with van der Waals surface area (Å²) in [6.07, 6.45) is 11.0. The number of hydrazone groups is 1. The van der Waals surface area contributed by atoms with Gasteiger partial charge in [-0.1, -0.05) is 24.3 Å². The van der Waals surface area contributed by atoms with Gasteiger partial charge < -0.3 is 15.6 Å². The molecule has 0 radical (unpaired) electrons. The zero-order valence-electron chi connectivity index (χ0n) is 12.9. The minimum atomic E-state index is -0.208. The van der Waals surface area contributed by atoms with E-state index in [1.807, 2.05) is 12.2 Å². The fourth-order valence-corrected chi connectivity index (χ4v) is 3.24. The van der Waals surface area contributed by atoms with Gasteiger partial charge in [-0.2, -0.15) is 15.5 Å². The van der Waals surface area contributed by atoms with Crippen molar-refractivity contribution >= 4 is 11.6 Å². The van der Waals surface area contributed by atoms with Crippen molar-refractivity contribution in [3.63, 3.8) is 0 Å². The molecule has 0 saturated carbocycles.